The molecule has 6 heteroatoms. The molecule has 2 aliphatic heterocycles. The maximum Gasteiger partial charge on any atom is 0.265 e. The zero-order valence-electron chi connectivity index (χ0n) is 27.0. The van der Waals surface area contributed by atoms with Crippen molar-refractivity contribution in [1.82, 2.24) is 0 Å². The molecule has 1 unspecified atom stereocenters. The van der Waals surface area contributed by atoms with Gasteiger partial charge in [-0.3, -0.25) is 9.59 Å². The van der Waals surface area contributed by atoms with E-state index < -0.39 is 14.5 Å². The van der Waals surface area contributed by atoms with Crippen LogP contribution in [0.3, 0.4) is 0 Å². The first-order valence-electron chi connectivity index (χ1n) is 15.4. The van der Waals surface area contributed by atoms with Crippen molar-refractivity contribution >= 4 is 37.7 Å². The van der Waals surface area contributed by atoms with Gasteiger partial charge in [-0.2, -0.15) is 0 Å². The second kappa shape index (κ2) is 15.5. The maximum absolute atomic E-state index is 12.9. The molecule has 2 amide bonds. The van der Waals surface area contributed by atoms with Crippen LogP contribution in [0.2, 0.25) is 0 Å². The Labute approximate surface area is 246 Å². The number of anilines is 2. The average Bonchev–Trinajstić information content (AvgIpc) is 2.94. The van der Waals surface area contributed by atoms with E-state index in [1.54, 1.807) is 0 Å². The van der Waals surface area contributed by atoms with Crippen LogP contribution >= 0.6 is 14.5 Å². The Balaban J connectivity index is 0.000000281. The summed E-state index contributed by atoms with van der Waals surface area (Å²) in [5.41, 5.74) is 8.34. The molecule has 2 bridgehead atoms. The van der Waals surface area contributed by atoms with Crippen molar-refractivity contribution in [2.24, 2.45) is 0 Å². The summed E-state index contributed by atoms with van der Waals surface area (Å²) in [7, 11) is -2.28. The summed E-state index contributed by atoms with van der Waals surface area (Å²) in [5, 5.41) is 6.38. The molecule has 0 radical (unpaired) electrons. The Kier molecular flexibility index (Phi) is 13.3. The first-order chi connectivity index (χ1) is 18.9. The van der Waals surface area contributed by atoms with Crippen LogP contribution in [0.25, 0.3) is 0 Å². The number of para-hydroxylation sites is 1. The molecule has 0 saturated heterocycles. The highest BCUT2D eigenvalue weighted by Crippen LogP contribution is 2.63. The molecule has 1 atom stereocenters. The molecule has 0 aliphatic carbocycles. The van der Waals surface area contributed by atoms with Crippen LogP contribution in [0.4, 0.5) is 11.4 Å². The van der Waals surface area contributed by atoms with E-state index in [9.17, 15) is 9.59 Å². The molecule has 0 spiro atoms. The van der Waals surface area contributed by atoms with Gasteiger partial charge in [-0.25, -0.2) is 0 Å². The van der Waals surface area contributed by atoms with Crippen LogP contribution in [0.15, 0.2) is 30.3 Å². The van der Waals surface area contributed by atoms with Crippen molar-refractivity contribution in [3.8, 4) is 0 Å². The number of nitrogens with one attached hydrogen (secondary N) is 2. The van der Waals surface area contributed by atoms with Crippen molar-refractivity contribution in [3.63, 3.8) is 0 Å². The zero-order valence-corrected chi connectivity index (χ0v) is 28.8. The van der Waals surface area contributed by atoms with Crippen LogP contribution in [0.1, 0.15) is 75.8 Å². The van der Waals surface area contributed by atoms with Gasteiger partial charge >= 0.3 is 0 Å². The Morgan fingerprint density at radius 3 is 1.88 bits per heavy atom. The fourth-order valence-corrected chi connectivity index (χ4v) is 13.6. The lowest BCUT2D eigenvalue weighted by molar-refractivity contribution is -0.116. The molecule has 40 heavy (non-hydrogen) atoms. The van der Waals surface area contributed by atoms with Crippen molar-refractivity contribution in [1.29, 1.82) is 0 Å². The molecule has 2 aliphatic rings. The lowest BCUT2D eigenvalue weighted by Gasteiger charge is -2.31. The minimum absolute atomic E-state index is 0.191. The van der Waals surface area contributed by atoms with Gasteiger partial charge in [-0.05, 0) is 96.6 Å². The summed E-state index contributed by atoms with van der Waals surface area (Å²) < 4.78 is 0. The van der Waals surface area contributed by atoms with E-state index in [1.807, 2.05) is 6.07 Å². The summed E-state index contributed by atoms with van der Waals surface area (Å²) in [4.78, 5) is 25.2. The second-order valence-electron chi connectivity index (χ2n) is 11.6. The molecule has 2 N–H and O–H groups in total. The number of hydrogen-bond donors (Lipinski definition) is 2. The van der Waals surface area contributed by atoms with Gasteiger partial charge in [0.1, 0.15) is 11.8 Å². The number of benzene rings is 2. The van der Waals surface area contributed by atoms with Gasteiger partial charge in [-0.15, -0.1) is 0 Å². The summed E-state index contributed by atoms with van der Waals surface area (Å²) >= 11 is 0. The van der Waals surface area contributed by atoms with E-state index in [0.29, 0.717) is 0 Å². The van der Waals surface area contributed by atoms with Crippen molar-refractivity contribution in [3.05, 3.63) is 58.1 Å². The second-order valence-corrected chi connectivity index (χ2v) is 21.3. The van der Waals surface area contributed by atoms with Crippen molar-refractivity contribution in [2.45, 2.75) is 87.7 Å². The third-order valence-corrected chi connectivity index (χ3v) is 20.0. The van der Waals surface area contributed by atoms with Crippen LogP contribution in [0, 0.1) is 27.7 Å². The van der Waals surface area contributed by atoms with Crippen molar-refractivity contribution < 1.29 is 9.59 Å². The largest absolute Gasteiger partial charge is 0.322 e. The Bertz CT molecular complexity index is 1100. The van der Waals surface area contributed by atoms with Gasteiger partial charge in [0, 0.05) is 32.3 Å². The van der Waals surface area contributed by atoms with Gasteiger partial charge in [0.05, 0.1) is 37.0 Å². The van der Waals surface area contributed by atoms with Gasteiger partial charge < -0.3 is 10.6 Å². The highest BCUT2D eigenvalue weighted by molar-refractivity contribution is 7.77. The van der Waals surface area contributed by atoms with Gasteiger partial charge in [0.25, 0.3) is 11.8 Å². The van der Waals surface area contributed by atoms with E-state index in [-0.39, 0.29) is 17.5 Å². The molecule has 4 rings (SSSR count). The highest BCUT2D eigenvalue weighted by Gasteiger charge is 2.44. The molecule has 2 aromatic carbocycles. The SMILES string of the molecule is CCC(C(=O)Nc1c(C)cccc1C)[P+](CC)(CC)CC.CC[P+]1(CC)CCc2cc(C)c(c(C)c2)NC(=O)C1. The van der Waals surface area contributed by atoms with Crippen molar-refractivity contribution in [2.75, 3.05) is 53.8 Å². The fraction of sp³-hybridized carbons (Fsp3) is 0.588. The summed E-state index contributed by atoms with van der Waals surface area (Å²) in [6, 6.07) is 10.7. The normalized spacial score (nSPS) is 15.5. The lowest BCUT2D eigenvalue weighted by Crippen LogP contribution is -2.33. The number of hydrogen-bond acceptors (Lipinski definition) is 2. The zero-order chi connectivity index (χ0) is 30.1. The molecule has 4 nitrogen and oxygen atoms in total. The first-order valence-corrected chi connectivity index (χ1v) is 20.4. The molecule has 2 heterocycles. The molecule has 2 aromatic rings. The van der Waals surface area contributed by atoms with E-state index >= 15 is 0 Å². The van der Waals surface area contributed by atoms with Crippen LogP contribution < -0.4 is 10.6 Å². The average molecular weight is 587 g/mol. The maximum atomic E-state index is 12.9. The minimum atomic E-state index is -1.18. The quantitative estimate of drug-likeness (QED) is 0.288. The van der Waals surface area contributed by atoms with Gasteiger partial charge in [0.15, 0.2) is 0 Å². The summed E-state index contributed by atoms with van der Waals surface area (Å²) in [6.45, 7) is 21.8. The minimum Gasteiger partial charge on any atom is -0.322 e. The van der Waals surface area contributed by atoms with Gasteiger partial charge in [-0.1, -0.05) is 37.3 Å². The number of fused-ring (bicyclic) bond motifs is 7. The number of aryl methyl sites for hydroxylation is 5. The highest BCUT2D eigenvalue weighted by atomic mass is 31.2. The predicted molar refractivity (Wildman–Crippen MR) is 183 cm³/mol. The van der Waals surface area contributed by atoms with Crippen LogP contribution in [-0.4, -0.2) is 60.6 Å². The smallest absolute Gasteiger partial charge is 0.265 e. The van der Waals surface area contributed by atoms with E-state index in [4.69, 9.17) is 0 Å². The third-order valence-electron chi connectivity index (χ3n) is 9.52. The molecular weight excluding hydrogens is 530 g/mol. The third kappa shape index (κ3) is 8.17. The Morgan fingerprint density at radius 2 is 1.43 bits per heavy atom. The van der Waals surface area contributed by atoms with E-state index in [1.165, 1.54) is 53.7 Å². The molecule has 0 saturated carbocycles. The molecule has 0 aromatic heterocycles. The van der Waals surface area contributed by atoms with E-state index in [0.717, 1.165) is 41.5 Å². The standard InChI is InChI=1S/C18H30NOP.C16H24NOP/c1-7-16(21(8-2,9-3)10-4)18(20)19-17-14(5)12-11-13-15(17)6;1-5-19(6-2)8-7-14-9-12(3)16(13(4)10-14)17-15(18)11-19/h11-13,16H,7-10H2,1-6H3;9-10H,5-8,11H2,1-4H3/p+2. The Morgan fingerprint density at radius 1 is 0.900 bits per heavy atom. The number of amides is 2. The number of carbonyl (C=O) groups is 2. The first kappa shape index (κ1) is 34.4. The summed E-state index contributed by atoms with van der Waals surface area (Å²) in [6.07, 6.45) is 9.92. The topological polar surface area (TPSA) is 58.2 Å². The summed E-state index contributed by atoms with van der Waals surface area (Å²) in [5.74, 6) is 0.451. The predicted octanol–water partition coefficient (Wildman–Crippen LogP) is 8.95. The van der Waals surface area contributed by atoms with Crippen LogP contribution in [0.5, 0.6) is 0 Å². The number of carbonyl (C=O) groups excluding carboxylic acids is 2. The molecular formula is C34H56N2O2P2+2. The molecule has 0 fully saturated rings. The monoisotopic (exact) mass is 586 g/mol. The van der Waals surface area contributed by atoms with Crippen LogP contribution in [-0.2, 0) is 16.0 Å². The Hall–Kier alpha value is -1.76. The number of rotatable bonds is 9. The lowest BCUT2D eigenvalue weighted by atomic mass is 10.0. The molecule has 222 valence electrons. The van der Waals surface area contributed by atoms with E-state index in [2.05, 4.69) is 104 Å². The fourth-order valence-electron chi connectivity index (χ4n) is 6.46. The van der Waals surface area contributed by atoms with Gasteiger partial charge in [0.2, 0.25) is 0 Å².